The fraction of sp³-hybridized carbons (Fsp3) is 0.769. The predicted molar refractivity (Wildman–Crippen MR) is 135 cm³/mol. The zero-order valence-corrected chi connectivity index (χ0v) is 25.3. The summed E-state index contributed by atoms with van der Waals surface area (Å²) in [5, 5.41) is 1.40. The maximum Gasteiger partial charge on any atom is 1.00 e. The Labute approximate surface area is 199 Å². The first-order valence-electron chi connectivity index (χ1n) is 10.8. The minimum atomic E-state index is -0.149. The smallest absolute Gasteiger partial charge is 0.176 e. The predicted octanol–water partition coefficient (Wildman–Crippen LogP) is 9.26. The molecule has 0 heterocycles. The maximum absolute atomic E-state index is 3.96. The van der Waals surface area contributed by atoms with Crippen LogP contribution >= 0.6 is 15.8 Å². The number of hydrogen-bond acceptors (Lipinski definition) is 0. The van der Waals surface area contributed by atoms with Gasteiger partial charge in [0.15, 0.2) is 0 Å². The molecule has 0 spiro atoms. The van der Waals surface area contributed by atoms with Gasteiger partial charge in [-0.2, -0.15) is 34.4 Å². The summed E-state index contributed by atoms with van der Waals surface area (Å²) in [5.74, 6) is 0. The Balaban J connectivity index is 0.00000784. The maximum atomic E-state index is 3.96. The standard InChI is InChI=1S/C26H47P2.Ru/c1-19-15-20(2)22(18-28(25(9,10)11)26(12,13)14)16-21(19)17-27(23(3,4)5)24(6,7)8;/h15H,17-18H2,1-14H3;/q-1;+1. The summed E-state index contributed by atoms with van der Waals surface area (Å²) in [6, 6.07) is 6.39. The molecule has 1 aromatic rings. The summed E-state index contributed by atoms with van der Waals surface area (Å²) in [6.07, 6.45) is 2.37. The first-order chi connectivity index (χ1) is 12.2. The summed E-state index contributed by atoms with van der Waals surface area (Å²) >= 11 is 0. The van der Waals surface area contributed by atoms with Crippen LogP contribution in [0.1, 0.15) is 105 Å². The Morgan fingerprint density at radius 2 is 0.828 bits per heavy atom. The second kappa shape index (κ2) is 10.1. The Morgan fingerprint density at radius 3 is 1.03 bits per heavy atom. The van der Waals surface area contributed by atoms with Crippen molar-refractivity contribution in [1.29, 1.82) is 0 Å². The SMILES string of the molecule is Cc1cc(C)c(CP(C(C)(C)C)C(C)(C)C)[c-]c1CP(C(C)(C)C)C(C)(C)C.[Ru+]. The van der Waals surface area contributed by atoms with Gasteiger partial charge in [0.05, 0.1) is 0 Å². The number of hydrogen-bond donors (Lipinski definition) is 0. The van der Waals surface area contributed by atoms with E-state index in [0.717, 1.165) is 0 Å². The molecule has 1 aromatic carbocycles. The third kappa shape index (κ3) is 8.63. The van der Waals surface area contributed by atoms with Crippen molar-refractivity contribution in [3.63, 3.8) is 0 Å². The Bertz CT molecular complexity index is 581. The van der Waals surface area contributed by atoms with E-state index in [4.69, 9.17) is 0 Å². The van der Waals surface area contributed by atoms with Gasteiger partial charge in [-0.25, -0.2) is 0 Å². The van der Waals surface area contributed by atoms with Crippen LogP contribution in [0.4, 0.5) is 0 Å². The van der Waals surface area contributed by atoms with Crippen molar-refractivity contribution >= 4 is 15.8 Å². The van der Waals surface area contributed by atoms with E-state index in [-0.39, 0.29) is 35.3 Å². The molecule has 1 radical (unpaired) electrons. The topological polar surface area (TPSA) is 0 Å². The largest absolute Gasteiger partial charge is 1.00 e. The molecule has 1 rings (SSSR count). The molecule has 0 saturated carbocycles. The van der Waals surface area contributed by atoms with Gasteiger partial charge in [-0.05, 0) is 32.9 Å². The van der Waals surface area contributed by atoms with Crippen LogP contribution in [0.2, 0.25) is 0 Å². The van der Waals surface area contributed by atoms with E-state index >= 15 is 0 Å². The van der Waals surface area contributed by atoms with Gasteiger partial charge >= 0.3 is 19.5 Å². The van der Waals surface area contributed by atoms with Gasteiger partial charge in [-0.1, -0.05) is 113 Å². The molecule has 0 saturated heterocycles. The van der Waals surface area contributed by atoms with Crippen molar-refractivity contribution in [3.8, 4) is 0 Å². The van der Waals surface area contributed by atoms with E-state index in [1.807, 2.05) is 0 Å². The average Bonchev–Trinajstić information content (AvgIpc) is 2.39. The third-order valence-electron chi connectivity index (χ3n) is 5.56. The third-order valence-corrected chi connectivity index (χ3v) is 13.3. The second-order valence-electron chi connectivity index (χ2n) is 12.4. The molecule has 0 atom stereocenters. The summed E-state index contributed by atoms with van der Waals surface area (Å²) in [5.41, 5.74) is 5.79. The molecule has 0 N–H and O–H groups in total. The van der Waals surface area contributed by atoms with Crippen LogP contribution in [0.5, 0.6) is 0 Å². The number of benzene rings is 1. The van der Waals surface area contributed by atoms with Crippen LogP contribution in [-0.2, 0) is 31.8 Å². The van der Waals surface area contributed by atoms with Gasteiger partial charge in [-0.3, -0.25) is 0 Å². The van der Waals surface area contributed by atoms with Crippen LogP contribution in [0, 0.1) is 19.9 Å². The summed E-state index contributed by atoms with van der Waals surface area (Å²) in [7, 11) is -0.297. The fourth-order valence-corrected chi connectivity index (χ4v) is 11.7. The van der Waals surface area contributed by atoms with E-state index in [2.05, 4.69) is 109 Å². The number of rotatable bonds is 4. The van der Waals surface area contributed by atoms with E-state index in [9.17, 15) is 0 Å². The molecule has 0 bridgehead atoms. The molecule has 169 valence electrons. The molecule has 0 aliphatic rings. The Hall–Kier alpha value is 0.703. The summed E-state index contributed by atoms with van der Waals surface area (Å²) < 4.78 is 0. The minimum Gasteiger partial charge on any atom is -0.176 e. The van der Waals surface area contributed by atoms with Crippen LogP contribution < -0.4 is 0 Å². The first-order valence-corrected chi connectivity index (χ1v) is 13.9. The number of aryl methyl sites for hydroxylation is 2. The first kappa shape index (κ1) is 29.7. The zero-order valence-electron chi connectivity index (χ0n) is 21.7. The molecule has 0 fully saturated rings. The van der Waals surface area contributed by atoms with Crippen LogP contribution in [0.15, 0.2) is 6.07 Å². The quantitative estimate of drug-likeness (QED) is 0.210. The molecule has 29 heavy (non-hydrogen) atoms. The summed E-state index contributed by atoms with van der Waals surface area (Å²) in [4.78, 5) is 0. The van der Waals surface area contributed by atoms with Crippen molar-refractivity contribution < 1.29 is 19.5 Å². The van der Waals surface area contributed by atoms with Gasteiger partial charge in [0.1, 0.15) is 0 Å². The van der Waals surface area contributed by atoms with Crippen molar-refractivity contribution in [3.05, 3.63) is 34.4 Å². The van der Waals surface area contributed by atoms with Gasteiger partial charge in [0, 0.05) is 0 Å². The molecule has 0 aromatic heterocycles. The van der Waals surface area contributed by atoms with Gasteiger partial charge < -0.3 is 0 Å². The van der Waals surface area contributed by atoms with Crippen LogP contribution in [0.3, 0.4) is 0 Å². The van der Waals surface area contributed by atoms with Crippen molar-refractivity contribution in [2.45, 2.75) is 130 Å². The van der Waals surface area contributed by atoms with Crippen molar-refractivity contribution in [2.24, 2.45) is 0 Å². The molecule has 3 heteroatoms. The second-order valence-corrected chi connectivity index (χ2v) is 20.2. The van der Waals surface area contributed by atoms with Crippen molar-refractivity contribution in [2.75, 3.05) is 0 Å². The molecule has 0 amide bonds. The van der Waals surface area contributed by atoms with Gasteiger partial charge in [0.25, 0.3) is 0 Å². The molecule has 0 aliphatic heterocycles. The molecular weight excluding hydrogens is 475 g/mol. The van der Waals surface area contributed by atoms with Crippen LogP contribution in [-0.4, -0.2) is 20.6 Å². The normalized spacial score (nSPS) is 13.8. The van der Waals surface area contributed by atoms with Gasteiger partial charge in [-0.15, -0.1) is 0 Å². The molecule has 0 nitrogen and oxygen atoms in total. The fourth-order valence-electron chi connectivity index (χ4n) is 4.48. The summed E-state index contributed by atoms with van der Waals surface area (Å²) in [6.45, 7) is 33.7. The molecular formula is C26H47P2Ru. The zero-order chi connectivity index (χ0) is 22.3. The minimum absolute atomic E-state index is 0. The monoisotopic (exact) mass is 523 g/mol. The molecule has 0 aliphatic carbocycles. The van der Waals surface area contributed by atoms with Gasteiger partial charge in [0.2, 0.25) is 0 Å². The van der Waals surface area contributed by atoms with Crippen LogP contribution in [0.25, 0.3) is 0 Å². The Kier molecular flexibility index (Phi) is 10.3. The average molecular weight is 523 g/mol. The van der Waals surface area contributed by atoms with E-state index in [1.165, 1.54) is 34.6 Å². The Morgan fingerprint density at radius 1 is 0.586 bits per heavy atom. The molecule has 0 unspecified atom stereocenters. The van der Waals surface area contributed by atoms with Crippen molar-refractivity contribution in [1.82, 2.24) is 0 Å². The van der Waals surface area contributed by atoms with E-state index in [0.29, 0.717) is 20.6 Å². The van der Waals surface area contributed by atoms with E-state index in [1.54, 1.807) is 0 Å². The van der Waals surface area contributed by atoms with E-state index < -0.39 is 0 Å².